The van der Waals surface area contributed by atoms with Gasteiger partial charge in [0, 0.05) is 31.2 Å². The summed E-state index contributed by atoms with van der Waals surface area (Å²) in [5, 5.41) is 12.9. The fourth-order valence-electron chi connectivity index (χ4n) is 4.47. The Morgan fingerprint density at radius 1 is 0.967 bits per heavy atom. The van der Waals surface area contributed by atoms with Crippen LogP contribution in [0.25, 0.3) is 5.69 Å². The quantitative estimate of drug-likeness (QED) is 0.646. The number of hydrogen-bond acceptors (Lipinski definition) is 5. The van der Waals surface area contributed by atoms with Crippen LogP contribution in [0.15, 0.2) is 54.6 Å². The van der Waals surface area contributed by atoms with Crippen LogP contribution in [0.1, 0.15) is 24.8 Å². The number of amides is 1. The molecule has 154 valence electrons. The first kappa shape index (κ1) is 19.1. The van der Waals surface area contributed by atoms with Gasteiger partial charge >= 0.3 is 0 Å². The van der Waals surface area contributed by atoms with Crippen LogP contribution in [0, 0.1) is 0 Å². The molecule has 2 aromatic carbocycles. The molecule has 2 fully saturated rings. The number of para-hydroxylation sites is 1. The van der Waals surface area contributed by atoms with Gasteiger partial charge in [-0.2, -0.15) is 4.68 Å². The molecule has 0 unspecified atom stereocenters. The van der Waals surface area contributed by atoms with Crippen molar-refractivity contribution in [3.8, 4) is 5.69 Å². The Hall–Kier alpha value is -2.93. The smallest absolute Gasteiger partial charge is 0.250 e. The van der Waals surface area contributed by atoms with Crippen molar-refractivity contribution in [3.05, 3.63) is 65.2 Å². The number of anilines is 1. The molecule has 1 amide bonds. The highest BCUT2D eigenvalue weighted by Gasteiger charge is 2.48. The first-order valence-electron chi connectivity index (χ1n) is 10.3. The maximum atomic E-state index is 13.5. The summed E-state index contributed by atoms with van der Waals surface area (Å²) in [5.74, 6) is 0.930. The normalized spacial score (nSPS) is 18.2. The third kappa shape index (κ3) is 3.23. The highest BCUT2D eigenvalue weighted by atomic mass is 35.5. The van der Waals surface area contributed by atoms with Gasteiger partial charge in [0.25, 0.3) is 0 Å². The van der Waals surface area contributed by atoms with Crippen LogP contribution in [-0.2, 0) is 10.2 Å². The number of tetrazole rings is 1. The second-order valence-corrected chi connectivity index (χ2v) is 8.39. The molecule has 0 spiro atoms. The number of rotatable bonds is 4. The van der Waals surface area contributed by atoms with Crippen molar-refractivity contribution in [2.45, 2.75) is 24.7 Å². The lowest BCUT2D eigenvalue weighted by Gasteiger charge is -2.46. The van der Waals surface area contributed by atoms with Crippen molar-refractivity contribution in [2.24, 2.45) is 0 Å². The Kier molecular flexibility index (Phi) is 4.90. The van der Waals surface area contributed by atoms with Gasteiger partial charge in [0.1, 0.15) is 0 Å². The summed E-state index contributed by atoms with van der Waals surface area (Å²) in [4.78, 5) is 17.7. The molecule has 1 saturated carbocycles. The van der Waals surface area contributed by atoms with Crippen LogP contribution in [0.4, 0.5) is 5.95 Å². The van der Waals surface area contributed by atoms with E-state index >= 15 is 0 Å². The van der Waals surface area contributed by atoms with E-state index in [9.17, 15) is 4.79 Å². The molecule has 2 heterocycles. The third-order valence-corrected chi connectivity index (χ3v) is 6.53. The lowest BCUT2D eigenvalue weighted by Crippen LogP contribution is -2.57. The van der Waals surface area contributed by atoms with E-state index in [4.69, 9.17) is 11.6 Å². The van der Waals surface area contributed by atoms with E-state index in [1.165, 1.54) is 0 Å². The Morgan fingerprint density at radius 3 is 2.40 bits per heavy atom. The topological polar surface area (TPSA) is 67.2 Å². The molecule has 1 saturated heterocycles. The molecule has 0 bridgehead atoms. The molecule has 30 heavy (non-hydrogen) atoms. The summed E-state index contributed by atoms with van der Waals surface area (Å²) < 4.78 is 1.75. The Balaban J connectivity index is 1.31. The summed E-state index contributed by atoms with van der Waals surface area (Å²) in [7, 11) is 0. The van der Waals surface area contributed by atoms with Crippen LogP contribution >= 0.6 is 11.6 Å². The van der Waals surface area contributed by atoms with E-state index in [0.717, 1.165) is 30.5 Å². The van der Waals surface area contributed by atoms with Crippen molar-refractivity contribution >= 4 is 23.5 Å². The van der Waals surface area contributed by atoms with E-state index in [1.54, 1.807) is 4.68 Å². The standard InChI is InChI=1S/C22H23ClN6O/c23-18-7-4-6-17(16-18)22(10-5-11-22)20(30)27-12-14-28(15-13-27)21-24-25-26-29(21)19-8-2-1-3-9-19/h1-4,6-9,16H,5,10-15H2. The number of halogens is 1. The Morgan fingerprint density at radius 2 is 1.73 bits per heavy atom. The Labute approximate surface area is 180 Å². The van der Waals surface area contributed by atoms with Crippen LogP contribution in [0.5, 0.6) is 0 Å². The molecule has 0 N–H and O–H groups in total. The number of benzene rings is 2. The lowest BCUT2D eigenvalue weighted by atomic mass is 9.63. The predicted molar refractivity (Wildman–Crippen MR) is 115 cm³/mol. The van der Waals surface area contributed by atoms with E-state index in [2.05, 4.69) is 20.4 Å². The first-order valence-corrected chi connectivity index (χ1v) is 10.7. The van der Waals surface area contributed by atoms with E-state index < -0.39 is 5.41 Å². The predicted octanol–water partition coefficient (Wildman–Crippen LogP) is 3.09. The fourth-order valence-corrected chi connectivity index (χ4v) is 4.66. The molecule has 3 aromatic rings. The van der Waals surface area contributed by atoms with Crippen molar-refractivity contribution in [3.63, 3.8) is 0 Å². The van der Waals surface area contributed by atoms with Crippen LogP contribution in [0.2, 0.25) is 5.02 Å². The van der Waals surface area contributed by atoms with Crippen LogP contribution in [0.3, 0.4) is 0 Å². The van der Waals surface area contributed by atoms with Gasteiger partial charge in [-0.1, -0.05) is 53.5 Å². The zero-order valence-corrected chi connectivity index (χ0v) is 17.4. The highest BCUT2D eigenvalue weighted by molar-refractivity contribution is 6.30. The fraction of sp³-hybridized carbons (Fsp3) is 0.364. The van der Waals surface area contributed by atoms with Crippen molar-refractivity contribution in [1.82, 2.24) is 25.1 Å². The molecule has 8 heteroatoms. The minimum atomic E-state index is -0.418. The molecule has 1 aliphatic carbocycles. The number of nitrogens with zero attached hydrogens (tertiary/aromatic N) is 6. The molecular weight excluding hydrogens is 400 g/mol. The highest BCUT2D eigenvalue weighted by Crippen LogP contribution is 2.46. The van der Waals surface area contributed by atoms with Gasteiger partial charge in [-0.25, -0.2) is 0 Å². The second kappa shape index (κ2) is 7.72. The van der Waals surface area contributed by atoms with Gasteiger partial charge in [-0.3, -0.25) is 4.79 Å². The second-order valence-electron chi connectivity index (χ2n) is 7.95. The maximum absolute atomic E-state index is 13.5. The van der Waals surface area contributed by atoms with Gasteiger partial charge < -0.3 is 9.80 Å². The van der Waals surface area contributed by atoms with Crippen LogP contribution < -0.4 is 4.90 Å². The van der Waals surface area contributed by atoms with Gasteiger partial charge in [0.15, 0.2) is 0 Å². The number of carbonyl (C=O) groups is 1. The number of carbonyl (C=O) groups excluding carboxylic acids is 1. The molecule has 0 atom stereocenters. The first-order chi connectivity index (χ1) is 14.7. The summed E-state index contributed by atoms with van der Waals surface area (Å²) in [6, 6.07) is 17.6. The van der Waals surface area contributed by atoms with Gasteiger partial charge in [-0.15, -0.1) is 0 Å². The SMILES string of the molecule is O=C(N1CCN(c2nnnn2-c2ccccc2)CC1)C1(c2cccc(Cl)c2)CCC1. The minimum Gasteiger partial charge on any atom is -0.338 e. The van der Waals surface area contributed by atoms with Crippen molar-refractivity contribution in [1.29, 1.82) is 0 Å². The van der Waals surface area contributed by atoms with E-state index in [0.29, 0.717) is 37.1 Å². The average molecular weight is 423 g/mol. The average Bonchev–Trinajstić information content (AvgIpc) is 3.24. The van der Waals surface area contributed by atoms with E-state index in [-0.39, 0.29) is 5.91 Å². The monoisotopic (exact) mass is 422 g/mol. The number of aromatic nitrogens is 4. The minimum absolute atomic E-state index is 0.221. The summed E-state index contributed by atoms with van der Waals surface area (Å²) in [6.07, 6.45) is 2.85. The number of hydrogen-bond donors (Lipinski definition) is 0. The molecule has 1 aromatic heterocycles. The molecule has 5 rings (SSSR count). The summed E-state index contributed by atoms with van der Waals surface area (Å²) in [5.41, 5.74) is 1.55. The molecule has 0 radical (unpaired) electrons. The van der Waals surface area contributed by atoms with E-state index in [1.807, 2.05) is 59.5 Å². The largest absolute Gasteiger partial charge is 0.338 e. The zero-order valence-electron chi connectivity index (χ0n) is 16.6. The van der Waals surface area contributed by atoms with Crippen LogP contribution in [-0.4, -0.2) is 57.2 Å². The third-order valence-electron chi connectivity index (χ3n) is 6.30. The van der Waals surface area contributed by atoms with Gasteiger partial charge in [-0.05, 0) is 53.1 Å². The molecule has 7 nitrogen and oxygen atoms in total. The van der Waals surface area contributed by atoms with Gasteiger partial charge in [0.2, 0.25) is 11.9 Å². The van der Waals surface area contributed by atoms with Gasteiger partial charge in [0.05, 0.1) is 11.1 Å². The summed E-state index contributed by atoms with van der Waals surface area (Å²) in [6.45, 7) is 2.71. The Bertz CT molecular complexity index is 1040. The molecule has 1 aliphatic heterocycles. The van der Waals surface area contributed by atoms with Crippen molar-refractivity contribution in [2.75, 3.05) is 31.1 Å². The molecule has 2 aliphatic rings. The zero-order chi connectivity index (χ0) is 20.6. The van der Waals surface area contributed by atoms with Crippen molar-refractivity contribution < 1.29 is 4.79 Å². The lowest BCUT2D eigenvalue weighted by molar-refractivity contribution is -0.141. The summed E-state index contributed by atoms with van der Waals surface area (Å²) >= 11 is 6.21. The number of piperazine rings is 1. The maximum Gasteiger partial charge on any atom is 0.250 e. The molecular formula is C22H23ClN6O.